The number of nitrogens with zero attached hydrogens (tertiary/aromatic N) is 3. The van der Waals surface area contributed by atoms with Crippen LogP contribution in [0.5, 0.6) is 0 Å². The first kappa shape index (κ1) is 15.8. The third-order valence-corrected chi connectivity index (χ3v) is 5.34. The van der Waals surface area contributed by atoms with Gasteiger partial charge >= 0.3 is 0 Å². The van der Waals surface area contributed by atoms with Gasteiger partial charge in [-0.2, -0.15) is 5.10 Å². The highest BCUT2D eigenvalue weighted by molar-refractivity contribution is 5.97. The van der Waals surface area contributed by atoms with Crippen molar-refractivity contribution in [2.75, 3.05) is 5.32 Å². The van der Waals surface area contributed by atoms with E-state index in [4.69, 9.17) is 0 Å². The predicted molar refractivity (Wildman–Crippen MR) is 105 cm³/mol. The van der Waals surface area contributed by atoms with E-state index in [-0.39, 0.29) is 17.5 Å². The van der Waals surface area contributed by atoms with Gasteiger partial charge in [-0.05, 0) is 24.6 Å². The topological polar surface area (TPSA) is 75.6 Å². The molecule has 3 heterocycles. The molecule has 1 aliphatic heterocycles. The zero-order chi connectivity index (χ0) is 18.4. The molecule has 6 nitrogen and oxygen atoms in total. The average Bonchev–Trinajstić information content (AvgIpc) is 3.19. The lowest BCUT2D eigenvalue weighted by atomic mass is 9.82. The van der Waals surface area contributed by atoms with E-state index in [0.717, 1.165) is 29.0 Å². The fourth-order valence-electron chi connectivity index (χ4n) is 4.10. The monoisotopic (exact) mass is 357 g/mol. The summed E-state index contributed by atoms with van der Waals surface area (Å²) >= 11 is 0. The van der Waals surface area contributed by atoms with Crippen LogP contribution >= 0.6 is 0 Å². The van der Waals surface area contributed by atoms with Gasteiger partial charge in [0.2, 0.25) is 0 Å². The first-order valence-electron chi connectivity index (χ1n) is 9.10. The van der Waals surface area contributed by atoms with Crippen LogP contribution in [0, 0.1) is 0 Å². The molecule has 0 bridgehead atoms. The zero-order valence-electron chi connectivity index (χ0n) is 14.9. The summed E-state index contributed by atoms with van der Waals surface area (Å²) in [5, 5.41) is 12.4. The van der Waals surface area contributed by atoms with Gasteiger partial charge in [0.05, 0.1) is 29.4 Å². The second-order valence-corrected chi connectivity index (χ2v) is 6.78. The Morgan fingerprint density at radius 3 is 2.78 bits per heavy atom. The molecule has 0 radical (unpaired) electrons. The molecule has 1 aliphatic rings. The number of anilines is 1. The van der Waals surface area contributed by atoms with E-state index in [1.54, 1.807) is 0 Å². The molecule has 134 valence electrons. The summed E-state index contributed by atoms with van der Waals surface area (Å²) in [6.07, 6.45) is 3.75. The Hall–Kier alpha value is -3.41. The third-order valence-electron chi connectivity index (χ3n) is 5.34. The number of imidazole rings is 1. The maximum absolute atomic E-state index is 12.3. The molecule has 0 aliphatic carbocycles. The normalized spacial score (nSPS) is 18.4. The minimum absolute atomic E-state index is 0.00954. The Bertz CT molecular complexity index is 1180. The van der Waals surface area contributed by atoms with Crippen LogP contribution in [0.1, 0.15) is 35.8 Å². The number of hydrogen-bond acceptors (Lipinski definition) is 4. The number of aromatic nitrogens is 4. The SMILES string of the molecule is CCn1cncc1C1c2n[nH]c(=O)c3cccc(c23)NC1c1ccccc1. The Kier molecular flexibility index (Phi) is 3.57. The van der Waals surface area contributed by atoms with Crippen molar-refractivity contribution < 1.29 is 0 Å². The van der Waals surface area contributed by atoms with E-state index >= 15 is 0 Å². The number of aromatic amines is 1. The molecule has 2 aromatic heterocycles. The van der Waals surface area contributed by atoms with Crippen molar-refractivity contribution in [2.45, 2.75) is 25.4 Å². The van der Waals surface area contributed by atoms with Crippen LogP contribution in [0.3, 0.4) is 0 Å². The van der Waals surface area contributed by atoms with Crippen LogP contribution in [0.2, 0.25) is 0 Å². The van der Waals surface area contributed by atoms with E-state index in [2.05, 4.69) is 44.1 Å². The van der Waals surface area contributed by atoms with Gasteiger partial charge in [-0.25, -0.2) is 10.1 Å². The summed E-state index contributed by atoms with van der Waals surface area (Å²) in [7, 11) is 0. The second-order valence-electron chi connectivity index (χ2n) is 6.78. The highest BCUT2D eigenvalue weighted by atomic mass is 16.1. The quantitative estimate of drug-likeness (QED) is 0.589. The van der Waals surface area contributed by atoms with Crippen molar-refractivity contribution in [3.05, 3.63) is 88.4 Å². The molecule has 4 aromatic rings. The number of nitrogens with one attached hydrogen (secondary N) is 2. The highest BCUT2D eigenvalue weighted by Crippen LogP contribution is 2.45. The summed E-state index contributed by atoms with van der Waals surface area (Å²) < 4.78 is 2.13. The standard InChI is InChI=1S/C21H19N5O/c1-2-26-12-22-11-16(26)18-19(13-7-4-3-5-8-13)23-15-10-6-9-14-17(15)20(18)24-25-21(14)27/h3-12,18-19,23H,2H2,1H3,(H,25,27). The Morgan fingerprint density at radius 1 is 1.11 bits per heavy atom. The van der Waals surface area contributed by atoms with Gasteiger partial charge in [-0.15, -0.1) is 0 Å². The van der Waals surface area contributed by atoms with Crippen molar-refractivity contribution in [3.8, 4) is 0 Å². The van der Waals surface area contributed by atoms with E-state index in [9.17, 15) is 4.79 Å². The van der Waals surface area contributed by atoms with Gasteiger partial charge in [-0.3, -0.25) is 4.79 Å². The van der Waals surface area contributed by atoms with E-state index in [1.807, 2.05) is 48.9 Å². The lowest BCUT2D eigenvalue weighted by molar-refractivity contribution is 0.581. The van der Waals surface area contributed by atoms with Gasteiger partial charge in [0, 0.05) is 29.5 Å². The molecule has 5 rings (SSSR count). The maximum atomic E-state index is 12.3. The van der Waals surface area contributed by atoms with Crippen molar-refractivity contribution >= 4 is 16.5 Å². The molecule has 6 heteroatoms. The van der Waals surface area contributed by atoms with Crippen LogP contribution in [-0.2, 0) is 6.54 Å². The average molecular weight is 357 g/mol. The maximum Gasteiger partial charge on any atom is 0.272 e. The lowest BCUT2D eigenvalue weighted by Gasteiger charge is -2.34. The number of rotatable bonds is 3. The van der Waals surface area contributed by atoms with E-state index in [0.29, 0.717) is 5.39 Å². The molecule has 27 heavy (non-hydrogen) atoms. The highest BCUT2D eigenvalue weighted by Gasteiger charge is 2.36. The Labute approximate surface area is 155 Å². The summed E-state index contributed by atoms with van der Waals surface area (Å²) in [6.45, 7) is 2.92. The molecule has 2 atom stereocenters. The molecule has 2 aromatic carbocycles. The van der Waals surface area contributed by atoms with Crippen LogP contribution in [0.15, 0.2) is 65.8 Å². The molecule has 0 fully saturated rings. The number of benzene rings is 2. The Balaban J connectivity index is 1.82. The molecular formula is C21H19N5O. The smallest absolute Gasteiger partial charge is 0.272 e. The van der Waals surface area contributed by atoms with Crippen LogP contribution < -0.4 is 10.9 Å². The molecular weight excluding hydrogens is 338 g/mol. The van der Waals surface area contributed by atoms with Gasteiger partial charge < -0.3 is 9.88 Å². The van der Waals surface area contributed by atoms with E-state index < -0.39 is 0 Å². The minimum atomic E-state index is -0.168. The summed E-state index contributed by atoms with van der Waals surface area (Å²) in [5.74, 6) is -0.0656. The van der Waals surface area contributed by atoms with Gasteiger partial charge in [0.25, 0.3) is 5.56 Å². The summed E-state index contributed by atoms with van der Waals surface area (Å²) in [6, 6.07) is 16.1. The first-order chi connectivity index (χ1) is 13.3. The van der Waals surface area contributed by atoms with Gasteiger partial charge in [-0.1, -0.05) is 36.4 Å². The van der Waals surface area contributed by atoms with Crippen molar-refractivity contribution in [1.29, 1.82) is 0 Å². The van der Waals surface area contributed by atoms with Crippen molar-refractivity contribution in [3.63, 3.8) is 0 Å². The lowest BCUT2D eigenvalue weighted by Crippen LogP contribution is -2.29. The summed E-state index contributed by atoms with van der Waals surface area (Å²) in [5.41, 5.74) is 3.89. The minimum Gasteiger partial charge on any atom is -0.377 e. The third kappa shape index (κ3) is 2.37. The second kappa shape index (κ2) is 6.09. The van der Waals surface area contributed by atoms with Gasteiger partial charge in [0.1, 0.15) is 0 Å². The number of aryl methyl sites for hydroxylation is 1. The van der Waals surface area contributed by atoms with Gasteiger partial charge in [0.15, 0.2) is 0 Å². The molecule has 0 amide bonds. The fraction of sp³-hybridized carbons (Fsp3) is 0.190. The van der Waals surface area contributed by atoms with Crippen molar-refractivity contribution in [2.24, 2.45) is 0 Å². The number of hydrogen-bond donors (Lipinski definition) is 2. The predicted octanol–water partition coefficient (Wildman–Crippen LogP) is 3.44. The largest absolute Gasteiger partial charge is 0.377 e. The molecule has 2 unspecified atom stereocenters. The molecule has 0 saturated heterocycles. The fourth-order valence-corrected chi connectivity index (χ4v) is 4.10. The van der Waals surface area contributed by atoms with E-state index in [1.165, 1.54) is 5.56 Å². The molecule has 0 saturated carbocycles. The van der Waals surface area contributed by atoms with Crippen LogP contribution in [0.4, 0.5) is 5.69 Å². The number of H-pyrrole nitrogens is 1. The first-order valence-corrected chi connectivity index (χ1v) is 9.10. The van der Waals surface area contributed by atoms with Crippen molar-refractivity contribution in [1.82, 2.24) is 19.7 Å². The zero-order valence-corrected chi connectivity index (χ0v) is 14.9. The molecule has 2 N–H and O–H groups in total. The molecule has 0 spiro atoms. The van der Waals surface area contributed by atoms with Crippen LogP contribution in [-0.4, -0.2) is 19.7 Å². The Morgan fingerprint density at radius 2 is 1.96 bits per heavy atom. The summed E-state index contributed by atoms with van der Waals surface area (Å²) in [4.78, 5) is 16.7. The van der Waals surface area contributed by atoms with Crippen LogP contribution in [0.25, 0.3) is 10.8 Å².